The summed E-state index contributed by atoms with van der Waals surface area (Å²) in [7, 11) is 4.16. The summed E-state index contributed by atoms with van der Waals surface area (Å²) in [6.45, 7) is 6.84. The smallest absolute Gasteiger partial charge is 0.326 e. The number of likely N-dealkylation sites (N-methyl/N-ethyl adjacent to an activating group) is 1. The number of primary amides is 1. The van der Waals surface area contributed by atoms with E-state index in [1.165, 1.54) is 27.3 Å². The third kappa shape index (κ3) is 20.1. The number of methoxy groups -OCH3 is 2. The summed E-state index contributed by atoms with van der Waals surface area (Å²) in [5.74, 6) is -11.9. The minimum atomic E-state index is -1.53. The van der Waals surface area contributed by atoms with Gasteiger partial charge < -0.3 is 104 Å². The van der Waals surface area contributed by atoms with E-state index in [-0.39, 0.29) is 91.9 Å². The second kappa shape index (κ2) is 36.4. The van der Waals surface area contributed by atoms with Gasteiger partial charge in [0.15, 0.2) is 34.8 Å². The van der Waals surface area contributed by atoms with Crippen molar-refractivity contribution in [2.75, 3.05) is 59.4 Å². The molecular formula is C63H90ClN13O19S. The Balaban J connectivity index is 1.14. The number of ether oxygens (including phenoxy) is 7. The fourth-order valence-corrected chi connectivity index (χ4v) is 12.4. The zero-order valence-corrected chi connectivity index (χ0v) is 56.8. The van der Waals surface area contributed by atoms with Crippen LogP contribution in [0.5, 0.6) is 40.5 Å². The molecule has 2 aromatic carbocycles. The molecule has 18 N–H and O–H groups in total. The monoisotopic (exact) mass is 1400 g/mol. The average Bonchev–Trinajstić information content (AvgIpc) is 1.68. The van der Waals surface area contributed by atoms with Gasteiger partial charge in [0.25, 0.3) is 0 Å². The number of nitrogens with zero attached hydrogens (tertiary/aromatic N) is 2. The fourth-order valence-electron chi connectivity index (χ4n) is 11.4. The molecule has 0 radical (unpaired) electrons. The van der Waals surface area contributed by atoms with Crippen LogP contribution in [0, 0.1) is 23.7 Å². The number of fused-ring (bicyclic) bond motifs is 3. The van der Waals surface area contributed by atoms with Crippen molar-refractivity contribution < 1.29 is 91.3 Å². The van der Waals surface area contributed by atoms with Gasteiger partial charge in [-0.2, -0.15) is 0 Å². The number of hydrogen-bond acceptors (Lipinski definition) is 23. The number of amides is 7. The van der Waals surface area contributed by atoms with Gasteiger partial charge in [-0.3, -0.25) is 57.5 Å². The highest BCUT2D eigenvalue weighted by atomic mass is 35.5. The quantitative estimate of drug-likeness (QED) is 0.00708. The number of carbonyl (C=O) groups excluding carboxylic acids is 10. The van der Waals surface area contributed by atoms with Crippen LogP contribution >= 0.6 is 23.4 Å². The van der Waals surface area contributed by atoms with E-state index in [2.05, 4.69) is 36.9 Å². The summed E-state index contributed by atoms with van der Waals surface area (Å²) in [6.07, 6.45) is -0.291. The zero-order chi connectivity index (χ0) is 71.4. The number of aliphatic imine (C=N–C) groups is 1. The number of guanidine groups is 1. The van der Waals surface area contributed by atoms with Gasteiger partial charge in [0.05, 0.1) is 44.1 Å². The molecule has 534 valence electrons. The molecule has 7 amide bonds. The molecule has 1 saturated heterocycles. The third-order valence-corrected chi connectivity index (χ3v) is 18.5. The normalized spacial score (nSPS) is 18.3. The van der Waals surface area contributed by atoms with Crippen molar-refractivity contribution in [1.82, 2.24) is 36.5 Å². The number of carbonyl (C=O) groups is 10. The van der Waals surface area contributed by atoms with E-state index < -0.39 is 156 Å². The number of cyclic esters (lactones) is 1. The van der Waals surface area contributed by atoms with Gasteiger partial charge in [0.2, 0.25) is 59.8 Å². The molecule has 3 aliphatic rings. The van der Waals surface area contributed by atoms with E-state index in [4.69, 9.17) is 73.4 Å². The Kier molecular flexibility index (Phi) is 28.9. The van der Waals surface area contributed by atoms with Crippen LogP contribution in [0.1, 0.15) is 121 Å². The summed E-state index contributed by atoms with van der Waals surface area (Å²) in [6, 6.07) is -0.0147. The molecular weight excluding hydrogens is 1310 g/mol. The maximum absolute atomic E-state index is 14.3. The van der Waals surface area contributed by atoms with Crippen LogP contribution in [-0.4, -0.2) is 176 Å². The molecule has 0 spiro atoms. The number of rotatable bonds is 38. The molecule has 1 aromatic heterocycles. The highest BCUT2D eigenvalue weighted by Crippen LogP contribution is 2.57. The molecule has 12 atom stereocenters. The molecule has 1 aliphatic carbocycles. The van der Waals surface area contributed by atoms with Crippen molar-refractivity contribution in [3.05, 3.63) is 47.0 Å². The second-order valence-electron chi connectivity index (χ2n) is 23.7. The van der Waals surface area contributed by atoms with Crippen LogP contribution in [0.3, 0.4) is 0 Å². The van der Waals surface area contributed by atoms with Gasteiger partial charge in [-0.05, 0) is 92.3 Å². The molecule has 1 fully saturated rings. The number of hydrogen-bond donors (Lipinski definition) is 13. The predicted molar refractivity (Wildman–Crippen MR) is 352 cm³/mol. The standard InChI is InChI=1S/C63H90ClN13O19S/c1-8-30(3)51(59(86)70-5)75-57(84)37(13-10-11-18-65)74-60(87)52(31(4)9-2)76-58(85)39(15-16-45(67)78)73-56(83)38(14-12-19-71-63(68)69)72-55(82)36(66)28-97-44-25-46(79)77(61(44)88)20-17-47(80)95-53-34-24-41-40(93-29-94-41)23-33(34)49(50-35(53)27-92-62(50)89)32-21-42(90-6)54(43(22-32)91-7)96-48(81)26-64/h21-25,30-31,35-39,49-53,79,88H,8-20,26-29,65-66H2,1-7H3,(H2,67,78)(H,70,86)(H,72,82)(H,73,83)(H,74,87)(H,75,84)(H,76,85)(H4,68,69,71)/t30?,31?,35-,36-,37-,38-,39-,49+,50-,51-,52-,53+/m0/s1. The topological polar surface area (TPSA) is 495 Å². The lowest BCUT2D eigenvalue weighted by Crippen LogP contribution is -2.61. The molecule has 32 nitrogen and oxygen atoms in total. The Hall–Kier alpha value is -8.95. The lowest BCUT2D eigenvalue weighted by Gasteiger charge is -2.38. The SMILES string of the molecule is CCC(C)[C@H](NC(=O)[C@H](CCCCN)NC(=O)[C@@H](NC(=O)[C@H](CCC(N)=O)NC(=O)[C@H](CCCN=C(N)N)NC(=O)[C@@H](N)CSc1cc(O)n(CCC(=O)O[C@@H]2c3cc4c(cc3[C@@H](c3cc(OC)c(OC(=O)CCl)c(OC)c3)[C@H]3C(=O)OC[C@@H]32)OCO4)c1O)C(C)CC)C(=O)NC. The first-order chi connectivity index (χ1) is 46.2. The Morgan fingerprint density at radius 3 is 1.87 bits per heavy atom. The maximum Gasteiger partial charge on any atom is 0.326 e. The number of nitrogens with one attached hydrogen (secondary N) is 6. The van der Waals surface area contributed by atoms with Crippen molar-refractivity contribution in [2.45, 2.75) is 152 Å². The van der Waals surface area contributed by atoms with E-state index in [1.54, 1.807) is 45.0 Å². The minimum Gasteiger partial charge on any atom is -0.494 e. The van der Waals surface area contributed by atoms with E-state index in [9.17, 15) is 58.2 Å². The molecule has 0 bridgehead atoms. The molecule has 97 heavy (non-hydrogen) atoms. The van der Waals surface area contributed by atoms with Crippen molar-refractivity contribution >= 4 is 88.6 Å². The van der Waals surface area contributed by atoms with E-state index in [0.717, 1.165) is 16.3 Å². The number of benzene rings is 2. The summed E-state index contributed by atoms with van der Waals surface area (Å²) in [5, 5.41) is 38.4. The molecule has 6 rings (SSSR count). The Morgan fingerprint density at radius 2 is 1.30 bits per heavy atom. The van der Waals surface area contributed by atoms with Crippen LogP contribution < -0.4 is 84.3 Å². The van der Waals surface area contributed by atoms with Crippen molar-refractivity contribution in [3.63, 3.8) is 0 Å². The third-order valence-electron chi connectivity index (χ3n) is 17.2. The van der Waals surface area contributed by atoms with Crippen LogP contribution in [0.4, 0.5) is 0 Å². The van der Waals surface area contributed by atoms with Gasteiger partial charge >= 0.3 is 17.9 Å². The zero-order valence-electron chi connectivity index (χ0n) is 55.2. The van der Waals surface area contributed by atoms with Crippen LogP contribution in [0.2, 0.25) is 0 Å². The number of aromatic hydroxyl groups is 2. The number of alkyl halides is 1. The van der Waals surface area contributed by atoms with Crippen molar-refractivity contribution in [1.29, 1.82) is 0 Å². The van der Waals surface area contributed by atoms with Crippen LogP contribution in [0.15, 0.2) is 40.2 Å². The van der Waals surface area contributed by atoms with Gasteiger partial charge in [-0.1, -0.05) is 40.5 Å². The van der Waals surface area contributed by atoms with E-state index >= 15 is 0 Å². The number of esters is 3. The number of thioether (sulfide) groups is 1. The highest BCUT2D eigenvalue weighted by Gasteiger charge is 2.54. The first-order valence-corrected chi connectivity index (χ1v) is 33.4. The van der Waals surface area contributed by atoms with Gasteiger partial charge in [0.1, 0.15) is 42.2 Å². The largest absolute Gasteiger partial charge is 0.494 e. The molecule has 3 heterocycles. The first-order valence-electron chi connectivity index (χ1n) is 31.8. The number of halogens is 1. The fraction of sp³-hybridized carbons (Fsp3) is 0.571. The Morgan fingerprint density at radius 1 is 0.732 bits per heavy atom. The lowest BCUT2D eigenvalue weighted by atomic mass is 9.66. The Bertz CT molecular complexity index is 3350. The average molecular weight is 1400 g/mol. The summed E-state index contributed by atoms with van der Waals surface area (Å²) < 4.78 is 41.0. The second-order valence-corrected chi connectivity index (χ2v) is 25.0. The van der Waals surface area contributed by atoms with Crippen molar-refractivity contribution in [3.8, 4) is 40.5 Å². The van der Waals surface area contributed by atoms with E-state index in [1.807, 2.05) is 6.92 Å². The van der Waals surface area contributed by atoms with Gasteiger partial charge in [-0.15, -0.1) is 23.4 Å². The molecule has 0 saturated carbocycles. The molecule has 34 heteroatoms. The number of nitrogens with two attached hydrogens (primary N) is 5. The molecule has 2 aliphatic heterocycles. The van der Waals surface area contributed by atoms with Crippen LogP contribution in [-0.2, 0) is 64.0 Å². The van der Waals surface area contributed by atoms with E-state index in [0.29, 0.717) is 60.4 Å². The first kappa shape index (κ1) is 77.1. The highest BCUT2D eigenvalue weighted by molar-refractivity contribution is 7.99. The summed E-state index contributed by atoms with van der Waals surface area (Å²) >= 11 is 6.58. The lowest BCUT2D eigenvalue weighted by molar-refractivity contribution is -0.155. The molecule has 2 unspecified atom stereocenters. The van der Waals surface area contributed by atoms with Crippen molar-refractivity contribution in [2.24, 2.45) is 57.3 Å². The number of unbranched alkanes of at least 4 members (excludes halogenated alkanes) is 1. The Labute approximate surface area is 569 Å². The predicted octanol–water partition coefficient (Wildman–Crippen LogP) is 0.528. The molecule has 3 aromatic rings. The summed E-state index contributed by atoms with van der Waals surface area (Å²) in [5.41, 5.74) is 30.2. The van der Waals surface area contributed by atoms with Gasteiger partial charge in [0, 0.05) is 55.8 Å². The maximum atomic E-state index is 14.3. The summed E-state index contributed by atoms with van der Waals surface area (Å²) in [4.78, 5) is 140. The van der Waals surface area contributed by atoms with Crippen LogP contribution in [0.25, 0.3) is 0 Å². The van der Waals surface area contributed by atoms with Gasteiger partial charge in [-0.25, -0.2) is 0 Å². The number of aromatic nitrogens is 1. The minimum absolute atomic E-state index is 0.00825.